The molecule has 0 aromatic carbocycles. The topological polar surface area (TPSA) is 61.4 Å². The Labute approximate surface area is 114 Å². The number of amides is 1. The molecular weight excluding hydrogens is 242 g/mol. The van der Waals surface area contributed by atoms with Crippen LogP contribution < -0.4 is 5.32 Å². The highest BCUT2D eigenvalue weighted by atomic mass is 16.2. The minimum Gasteiger partial charge on any atom is -0.372 e. The van der Waals surface area contributed by atoms with Gasteiger partial charge in [-0.15, -0.1) is 0 Å². The molecule has 0 aliphatic carbocycles. The van der Waals surface area contributed by atoms with Crippen molar-refractivity contribution in [3.63, 3.8) is 0 Å². The molecule has 0 unspecified atom stereocenters. The minimum absolute atomic E-state index is 0.0566. The molecule has 0 saturated carbocycles. The number of rotatable bonds is 7. The first-order chi connectivity index (χ1) is 9.08. The van der Waals surface area contributed by atoms with Crippen molar-refractivity contribution in [2.24, 2.45) is 0 Å². The van der Waals surface area contributed by atoms with E-state index >= 15 is 0 Å². The molecule has 1 amide bonds. The van der Waals surface area contributed by atoms with Crippen LogP contribution in [-0.4, -0.2) is 66.5 Å². The number of carbonyl (C=O) groups is 1. The van der Waals surface area contributed by atoms with Gasteiger partial charge in [0.1, 0.15) is 11.5 Å². The standard InChI is InChI=1S/C13H23N5O/c1-5-6-18(8-7-17(3)4)13(19)11-9-16-12(14-2)10-15-11/h9-10H,5-8H2,1-4H3,(H,14,16). The van der Waals surface area contributed by atoms with Crippen molar-refractivity contribution >= 4 is 11.7 Å². The van der Waals surface area contributed by atoms with Crippen LogP contribution in [0, 0.1) is 0 Å². The molecule has 106 valence electrons. The number of nitrogens with zero attached hydrogens (tertiary/aromatic N) is 4. The molecule has 0 atom stereocenters. The maximum Gasteiger partial charge on any atom is 0.274 e. The number of likely N-dealkylation sites (N-methyl/N-ethyl adjacent to an activating group) is 1. The summed E-state index contributed by atoms with van der Waals surface area (Å²) in [5.74, 6) is 0.603. The zero-order valence-corrected chi connectivity index (χ0v) is 12.2. The molecule has 1 aromatic rings. The molecule has 1 rings (SSSR count). The Morgan fingerprint density at radius 3 is 2.42 bits per heavy atom. The van der Waals surface area contributed by atoms with Gasteiger partial charge < -0.3 is 15.1 Å². The van der Waals surface area contributed by atoms with E-state index in [1.165, 1.54) is 6.20 Å². The van der Waals surface area contributed by atoms with Crippen LogP contribution >= 0.6 is 0 Å². The van der Waals surface area contributed by atoms with Crippen LogP contribution in [0.25, 0.3) is 0 Å². The van der Waals surface area contributed by atoms with Crippen molar-refractivity contribution < 1.29 is 4.79 Å². The summed E-state index contributed by atoms with van der Waals surface area (Å²) in [7, 11) is 5.76. The third-order valence-electron chi connectivity index (χ3n) is 2.72. The van der Waals surface area contributed by atoms with Gasteiger partial charge >= 0.3 is 0 Å². The summed E-state index contributed by atoms with van der Waals surface area (Å²) < 4.78 is 0. The number of hydrogen-bond acceptors (Lipinski definition) is 5. The van der Waals surface area contributed by atoms with Gasteiger partial charge in [0.25, 0.3) is 5.91 Å². The van der Waals surface area contributed by atoms with Crippen LogP contribution in [0.15, 0.2) is 12.4 Å². The smallest absolute Gasteiger partial charge is 0.274 e. The number of hydrogen-bond donors (Lipinski definition) is 1. The summed E-state index contributed by atoms with van der Waals surface area (Å²) in [6.07, 6.45) is 4.02. The molecule has 0 spiro atoms. The highest BCUT2D eigenvalue weighted by molar-refractivity contribution is 5.92. The molecule has 0 saturated heterocycles. The number of anilines is 1. The molecule has 0 aliphatic rings. The second kappa shape index (κ2) is 7.68. The van der Waals surface area contributed by atoms with Crippen molar-refractivity contribution in [2.75, 3.05) is 46.1 Å². The normalized spacial score (nSPS) is 10.6. The fourth-order valence-corrected chi connectivity index (χ4v) is 1.64. The average Bonchev–Trinajstić information content (AvgIpc) is 2.42. The van der Waals surface area contributed by atoms with Crippen molar-refractivity contribution in [3.8, 4) is 0 Å². The third kappa shape index (κ3) is 4.82. The van der Waals surface area contributed by atoms with Gasteiger partial charge in [-0.3, -0.25) is 4.79 Å². The molecule has 6 nitrogen and oxygen atoms in total. The first-order valence-corrected chi connectivity index (χ1v) is 6.52. The van der Waals surface area contributed by atoms with Gasteiger partial charge in [0.2, 0.25) is 0 Å². The van der Waals surface area contributed by atoms with Gasteiger partial charge in [-0.1, -0.05) is 6.92 Å². The lowest BCUT2D eigenvalue weighted by atomic mass is 10.3. The number of aromatic nitrogens is 2. The maximum atomic E-state index is 12.3. The first-order valence-electron chi connectivity index (χ1n) is 6.52. The molecule has 0 radical (unpaired) electrons. The van der Waals surface area contributed by atoms with E-state index in [2.05, 4.69) is 27.1 Å². The van der Waals surface area contributed by atoms with Gasteiger partial charge in [0.05, 0.1) is 12.4 Å². The Morgan fingerprint density at radius 2 is 1.95 bits per heavy atom. The Kier molecular flexibility index (Phi) is 6.21. The molecule has 1 heterocycles. The van der Waals surface area contributed by atoms with E-state index in [-0.39, 0.29) is 5.91 Å². The molecule has 19 heavy (non-hydrogen) atoms. The molecule has 1 N–H and O–H groups in total. The number of nitrogens with one attached hydrogen (secondary N) is 1. The lowest BCUT2D eigenvalue weighted by molar-refractivity contribution is 0.0738. The van der Waals surface area contributed by atoms with Crippen LogP contribution in [0.5, 0.6) is 0 Å². The Morgan fingerprint density at radius 1 is 1.21 bits per heavy atom. The summed E-state index contributed by atoms with van der Waals surface area (Å²) >= 11 is 0. The zero-order chi connectivity index (χ0) is 14.3. The highest BCUT2D eigenvalue weighted by Gasteiger charge is 2.16. The summed E-state index contributed by atoms with van der Waals surface area (Å²) in [5.41, 5.74) is 0.395. The SMILES string of the molecule is CCCN(CCN(C)C)C(=O)c1cnc(NC)cn1. The summed E-state index contributed by atoms with van der Waals surface area (Å²) in [5, 5.41) is 2.88. The van der Waals surface area contributed by atoms with Crippen molar-refractivity contribution in [1.82, 2.24) is 19.8 Å². The summed E-state index contributed by atoms with van der Waals surface area (Å²) in [4.78, 5) is 24.5. The van der Waals surface area contributed by atoms with Gasteiger partial charge in [-0.2, -0.15) is 0 Å². The molecule has 0 bridgehead atoms. The van der Waals surface area contributed by atoms with E-state index in [1.807, 2.05) is 19.0 Å². The summed E-state index contributed by atoms with van der Waals surface area (Å²) in [6, 6.07) is 0. The second-order valence-electron chi connectivity index (χ2n) is 4.63. The fourth-order valence-electron chi connectivity index (χ4n) is 1.64. The van der Waals surface area contributed by atoms with Gasteiger partial charge in [-0.05, 0) is 20.5 Å². The predicted octanol–water partition coefficient (Wildman–Crippen LogP) is 0.932. The highest BCUT2D eigenvalue weighted by Crippen LogP contribution is 2.05. The van der Waals surface area contributed by atoms with Crippen LogP contribution in [-0.2, 0) is 0 Å². The van der Waals surface area contributed by atoms with E-state index in [0.29, 0.717) is 18.1 Å². The largest absolute Gasteiger partial charge is 0.372 e. The molecule has 0 aliphatic heterocycles. The van der Waals surface area contributed by atoms with Crippen LogP contribution in [0.1, 0.15) is 23.8 Å². The molecule has 6 heteroatoms. The minimum atomic E-state index is -0.0566. The molecular formula is C13H23N5O. The predicted molar refractivity (Wildman–Crippen MR) is 76.3 cm³/mol. The van der Waals surface area contributed by atoms with E-state index in [4.69, 9.17) is 0 Å². The van der Waals surface area contributed by atoms with Crippen molar-refractivity contribution in [3.05, 3.63) is 18.1 Å². The average molecular weight is 265 g/mol. The van der Waals surface area contributed by atoms with Crippen molar-refractivity contribution in [2.45, 2.75) is 13.3 Å². The fraction of sp³-hybridized carbons (Fsp3) is 0.615. The van der Waals surface area contributed by atoms with E-state index < -0.39 is 0 Å². The molecule has 1 aromatic heterocycles. The van der Waals surface area contributed by atoms with E-state index in [0.717, 1.165) is 19.5 Å². The third-order valence-corrected chi connectivity index (χ3v) is 2.72. The maximum absolute atomic E-state index is 12.3. The Hall–Kier alpha value is -1.69. The quantitative estimate of drug-likeness (QED) is 0.795. The monoisotopic (exact) mass is 265 g/mol. The lowest BCUT2D eigenvalue weighted by Gasteiger charge is -2.23. The van der Waals surface area contributed by atoms with E-state index in [9.17, 15) is 4.79 Å². The van der Waals surface area contributed by atoms with Gasteiger partial charge in [0.15, 0.2) is 0 Å². The van der Waals surface area contributed by atoms with Gasteiger partial charge in [0, 0.05) is 26.7 Å². The van der Waals surface area contributed by atoms with Crippen LogP contribution in [0.2, 0.25) is 0 Å². The summed E-state index contributed by atoms with van der Waals surface area (Å²) in [6.45, 7) is 4.34. The Balaban J connectivity index is 2.73. The van der Waals surface area contributed by atoms with Crippen molar-refractivity contribution in [1.29, 1.82) is 0 Å². The van der Waals surface area contributed by atoms with Crippen LogP contribution in [0.3, 0.4) is 0 Å². The Bertz CT molecular complexity index is 391. The molecule has 0 fully saturated rings. The van der Waals surface area contributed by atoms with E-state index in [1.54, 1.807) is 13.2 Å². The first kappa shape index (κ1) is 15.4. The number of carbonyl (C=O) groups excluding carboxylic acids is 1. The zero-order valence-electron chi connectivity index (χ0n) is 12.2. The lowest BCUT2D eigenvalue weighted by Crippen LogP contribution is -2.37. The second-order valence-corrected chi connectivity index (χ2v) is 4.63. The van der Waals surface area contributed by atoms with Crippen LogP contribution in [0.4, 0.5) is 5.82 Å². The van der Waals surface area contributed by atoms with Gasteiger partial charge in [-0.25, -0.2) is 9.97 Å².